The van der Waals surface area contributed by atoms with E-state index in [2.05, 4.69) is 25.0 Å². The molecular weight excluding hydrogens is 584 g/mol. The number of nitrogens with one attached hydrogen (secondary N) is 3. The minimum absolute atomic E-state index is 0. The van der Waals surface area contributed by atoms with E-state index in [1.165, 1.54) is 9.13 Å². The van der Waals surface area contributed by atoms with Gasteiger partial charge in [0.2, 0.25) is 9.82 Å². The zero-order valence-corrected chi connectivity index (χ0v) is 23.8. The summed E-state index contributed by atoms with van der Waals surface area (Å²) >= 11 is 0. The number of benzene rings is 3. The first-order valence-corrected chi connectivity index (χ1v) is 12.3. The lowest BCUT2D eigenvalue weighted by atomic mass is 10.2. The molecule has 3 aromatic carbocycles. The molecular formula is C26H27ClN10O6+2. The molecule has 0 spiro atoms. The van der Waals surface area contributed by atoms with E-state index in [4.69, 9.17) is 30.0 Å². The molecule has 6 rings (SSSR count). The number of aromatic amines is 1. The molecule has 0 unspecified atom stereocenters. The summed E-state index contributed by atoms with van der Waals surface area (Å²) in [4.78, 5) is 41.4. The number of oxazole rings is 3. The number of halogens is 1. The van der Waals surface area contributed by atoms with Crippen LogP contribution in [0.1, 0.15) is 16.7 Å². The lowest BCUT2D eigenvalue weighted by Gasteiger charge is -1.95. The van der Waals surface area contributed by atoms with E-state index in [-0.39, 0.29) is 23.9 Å². The minimum atomic E-state index is -0.473. The maximum absolute atomic E-state index is 11.2. The molecule has 5 N–H and O–H groups in total. The Labute approximate surface area is 246 Å². The van der Waals surface area contributed by atoms with Gasteiger partial charge >= 0.3 is 17.3 Å². The van der Waals surface area contributed by atoms with Gasteiger partial charge in [-0.1, -0.05) is 18.2 Å². The number of hydrogen-bond donors (Lipinski definition) is 4. The van der Waals surface area contributed by atoms with Gasteiger partial charge in [0.05, 0.1) is 16.6 Å². The molecule has 0 saturated carbocycles. The van der Waals surface area contributed by atoms with Crippen molar-refractivity contribution in [3.8, 4) is 0 Å². The van der Waals surface area contributed by atoms with Crippen molar-refractivity contribution in [1.29, 1.82) is 11.1 Å². The Kier molecular flexibility index (Phi) is 10.6. The quantitative estimate of drug-likeness (QED) is 0.167. The SMILES string of the molecule is Cl.Cn1c(=O)oc2cc(CN)ccc21.Cn1c(=O)oc2cc(CN=[N+]=N)ccc21.N=[N+]=NCc1ccc2[nH]c(=O)oc2c1. The lowest BCUT2D eigenvalue weighted by Crippen LogP contribution is -2.08. The molecule has 16 nitrogen and oxygen atoms in total. The van der Waals surface area contributed by atoms with Crippen LogP contribution in [0, 0.1) is 11.1 Å². The second kappa shape index (κ2) is 14.3. The van der Waals surface area contributed by atoms with Gasteiger partial charge in [-0.2, -0.15) is 0 Å². The smallest absolute Gasteiger partial charge is 0.408 e. The van der Waals surface area contributed by atoms with Crippen molar-refractivity contribution in [3.05, 3.63) is 103 Å². The van der Waals surface area contributed by atoms with E-state index >= 15 is 0 Å². The van der Waals surface area contributed by atoms with E-state index in [0.717, 1.165) is 27.7 Å². The molecule has 0 atom stereocenters. The summed E-state index contributed by atoms with van der Waals surface area (Å²) in [6.07, 6.45) is 0. The highest BCUT2D eigenvalue weighted by Crippen LogP contribution is 2.15. The van der Waals surface area contributed by atoms with Crippen LogP contribution in [-0.4, -0.2) is 14.1 Å². The molecule has 6 aromatic rings. The van der Waals surface area contributed by atoms with Crippen LogP contribution >= 0.6 is 12.4 Å². The lowest BCUT2D eigenvalue weighted by molar-refractivity contribution is 0.527. The molecule has 0 radical (unpaired) electrons. The third-order valence-corrected chi connectivity index (χ3v) is 6.08. The average Bonchev–Trinajstić information content (AvgIpc) is 3.61. The van der Waals surface area contributed by atoms with Crippen LogP contribution in [0.2, 0.25) is 0 Å². The summed E-state index contributed by atoms with van der Waals surface area (Å²) in [6, 6.07) is 16.1. The Morgan fingerprint density at radius 3 is 1.72 bits per heavy atom. The molecule has 222 valence electrons. The van der Waals surface area contributed by atoms with Gasteiger partial charge in [-0.05, 0) is 53.1 Å². The highest BCUT2D eigenvalue weighted by molar-refractivity contribution is 5.85. The van der Waals surface area contributed by atoms with Crippen molar-refractivity contribution >= 4 is 45.7 Å². The molecule has 0 aliphatic heterocycles. The molecule has 0 amide bonds. The van der Waals surface area contributed by atoms with Gasteiger partial charge in [0.15, 0.2) is 16.7 Å². The summed E-state index contributed by atoms with van der Waals surface area (Å²) in [7, 11) is 3.33. The standard InChI is InChI=1S/C9H9N4O2.C9H10N2O2.C8H6N4O2.ClH/c1-13-7-3-2-6(5-11-12-10)4-8(7)15-9(13)14;1-11-7-3-2-6(5-10)4-8(7)13-9(11)12;9-12-10-4-5-1-2-6-7(3-5)14-8(13)11-6;/h2-4,10H,5H2,1H3;2-4H,5,10H2,1H3;1-3,9H,4H2;1H/q+1;;;/p+1. The van der Waals surface area contributed by atoms with Gasteiger partial charge in [0, 0.05) is 20.6 Å². The van der Waals surface area contributed by atoms with Crippen LogP contribution in [0.4, 0.5) is 0 Å². The molecule has 3 heterocycles. The Bertz CT molecular complexity index is 2160. The molecule has 3 aromatic heterocycles. The fourth-order valence-corrected chi connectivity index (χ4v) is 3.90. The fourth-order valence-electron chi connectivity index (χ4n) is 3.90. The summed E-state index contributed by atoms with van der Waals surface area (Å²) in [5.41, 5.74) is 25.0. The van der Waals surface area contributed by atoms with Crippen molar-refractivity contribution in [2.75, 3.05) is 0 Å². The van der Waals surface area contributed by atoms with Crippen molar-refractivity contribution in [2.45, 2.75) is 19.6 Å². The third kappa shape index (κ3) is 7.55. The maximum Gasteiger partial charge on any atom is 0.419 e. The molecule has 0 bridgehead atoms. The van der Waals surface area contributed by atoms with Gasteiger partial charge in [0.1, 0.15) is 34.4 Å². The zero-order chi connectivity index (χ0) is 30.2. The average molecular weight is 611 g/mol. The van der Waals surface area contributed by atoms with Gasteiger partial charge in [-0.3, -0.25) is 14.1 Å². The monoisotopic (exact) mass is 610 g/mol. The van der Waals surface area contributed by atoms with Crippen LogP contribution in [0.5, 0.6) is 0 Å². The summed E-state index contributed by atoms with van der Waals surface area (Å²) in [6.45, 7) is 1.08. The predicted octanol–water partition coefficient (Wildman–Crippen LogP) is 3.37. The van der Waals surface area contributed by atoms with Crippen molar-refractivity contribution in [2.24, 2.45) is 30.1 Å². The maximum atomic E-state index is 11.2. The minimum Gasteiger partial charge on any atom is -0.408 e. The Hall–Kier alpha value is -5.66. The van der Waals surface area contributed by atoms with Gasteiger partial charge in [-0.25, -0.2) is 14.4 Å². The van der Waals surface area contributed by atoms with E-state index in [0.29, 0.717) is 41.9 Å². The molecule has 0 aliphatic carbocycles. The number of aromatic nitrogens is 3. The van der Waals surface area contributed by atoms with Crippen LogP contribution in [-0.2, 0) is 33.7 Å². The highest BCUT2D eigenvalue weighted by atomic mass is 35.5. The molecule has 17 heteroatoms. The zero-order valence-electron chi connectivity index (χ0n) is 22.9. The normalized spacial score (nSPS) is 10.1. The number of aryl methyl sites for hydroxylation is 2. The van der Waals surface area contributed by atoms with Crippen LogP contribution in [0.25, 0.3) is 33.3 Å². The Morgan fingerprint density at radius 2 is 1.21 bits per heavy atom. The second-order valence-electron chi connectivity index (χ2n) is 8.81. The van der Waals surface area contributed by atoms with Crippen LogP contribution in [0.3, 0.4) is 0 Å². The summed E-state index contributed by atoms with van der Waals surface area (Å²) in [5.74, 6) is -1.20. The van der Waals surface area contributed by atoms with Gasteiger partial charge in [0.25, 0.3) is 0 Å². The van der Waals surface area contributed by atoms with Gasteiger partial charge < -0.3 is 19.0 Å². The van der Waals surface area contributed by atoms with Crippen molar-refractivity contribution in [1.82, 2.24) is 23.9 Å². The molecule has 43 heavy (non-hydrogen) atoms. The number of fused-ring (bicyclic) bond motifs is 3. The van der Waals surface area contributed by atoms with E-state index < -0.39 is 5.76 Å². The largest absolute Gasteiger partial charge is 0.419 e. The number of hydrogen-bond acceptors (Lipinski definition) is 11. The second-order valence-corrected chi connectivity index (χ2v) is 8.81. The summed E-state index contributed by atoms with van der Waals surface area (Å²) < 4.78 is 17.8. The van der Waals surface area contributed by atoms with Crippen molar-refractivity contribution < 1.29 is 13.3 Å². The topological polar surface area (TPSA) is 243 Å². The first-order chi connectivity index (χ1) is 20.2. The first kappa shape index (κ1) is 31.9. The Morgan fingerprint density at radius 1 is 0.744 bits per heavy atom. The van der Waals surface area contributed by atoms with Crippen molar-refractivity contribution in [3.63, 3.8) is 0 Å². The molecule has 0 fully saturated rings. The fraction of sp³-hybridized carbons (Fsp3) is 0.192. The molecule has 0 aliphatic rings. The van der Waals surface area contributed by atoms with Gasteiger partial charge in [-0.15, -0.1) is 12.4 Å². The number of nitrogens with zero attached hydrogens (tertiary/aromatic N) is 6. The Balaban J connectivity index is 0.000000175. The van der Waals surface area contributed by atoms with Crippen LogP contribution < -0.4 is 32.8 Å². The number of rotatable bonds is 5. The van der Waals surface area contributed by atoms with E-state index in [9.17, 15) is 14.4 Å². The number of H-pyrrole nitrogens is 1. The van der Waals surface area contributed by atoms with E-state index in [1.54, 1.807) is 50.5 Å². The predicted molar refractivity (Wildman–Crippen MR) is 157 cm³/mol. The molecule has 0 saturated heterocycles. The van der Waals surface area contributed by atoms with E-state index in [1.807, 2.05) is 18.2 Å². The highest BCUT2D eigenvalue weighted by Gasteiger charge is 2.07. The third-order valence-electron chi connectivity index (χ3n) is 6.08. The first-order valence-electron chi connectivity index (χ1n) is 12.3. The van der Waals surface area contributed by atoms with Crippen LogP contribution in [0.15, 0.2) is 92.5 Å². The number of nitrogens with two attached hydrogens (primary N) is 1. The summed E-state index contributed by atoms with van der Waals surface area (Å²) in [5, 5.41) is 7.06.